The minimum absolute atomic E-state index is 0.134. The minimum Gasteiger partial charge on any atom is -0.288 e. The van der Waals surface area contributed by atoms with Crippen molar-refractivity contribution in [1.29, 1.82) is 0 Å². The van der Waals surface area contributed by atoms with Crippen molar-refractivity contribution in [2.24, 2.45) is 5.92 Å². The van der Waals surface area contributed by atoms with Crippen LogP contribution in [-0.4, -0.2) is 17.0 Å². The molecule has 0 aliphatic carbocycles. The topological polar surface area (TPSA) is 32.3 Å². The average molecular weight is 218 g/mol. The molecule has 0 spiro atoms. The van der Waals surface area contributed by atoms with E-state index in [0.29, 0.717) is 18.4 Å². The molecule has 86 valence electrons. The van der Waals surface area contributed by atoms with E-state index >= 15 is 0 Å². The number of carbonyl (C=O) groups excluding carboxylic acids is 1. The normalized spacial score (nSPS) is 21.4. The Kier molecular flexibility index (Phi) is 3.25. The molecule has 1 aliphatic heterocycles. The number of hydrogen-bond acceptors (Lipinski definition) is 2. The summed E-state index contributed by atoms with van der Waals surface area (Å²) in [5.41, 5.74) is 4.16. The van der Waals surface area contributed by atoms with Gasteiger partial charge in [-0.2, -0.15) is 0 Å². The second kappa shape index (κ2) is 4.66. The van der Waals surface area contributed by atoms with Crippen molar-refractivity contribution < 1.29 is 4.79 Å². The van der Waals surface area contributed by atoms with Crippen molar-refractivity contribution in [1.82, 2.24) is 10.4 Å². The Labute approximate surface area is 96.4 Å². The van der Waals surface area contributed by atoms with Crippen molar-refractivity contribution in [3.63, 3.8) is 0 Å². The van der Waals surface area contributed by atoms with E-state index in [1.54, 1.807) is 0 Å². The van der Waals surface area contributed by atoms with E-state index in [1.165, 1.54) is 5.56 Å². The molecule has 1 aromatic carbocycles. The SMILES string of the molecule is CC(C)[C@@H]1CC(=O)NN1Cc1ccccc1. The van der Waals surface area contributed by atoms with Crippen LogP contribution in [0.1, 0.15) is 25.8 Å². The van der Waals surface area contributed by atoms with E-state index in [9.17, 15) is 4.79 Å². The molecule has 1 heterocycles. The number of amides is 1. The highest BCUT2D eigenvalue weighted by Crippen LogP contribution is 2.20. The quantitative estimate of drug-likeness (QED) is 0.841. The van der Waals surface area contributed by atoms with Crippen LogP contribution in [0.15, 0.2) is 30.3 Å². The van der Waals surface area contributed by atoms with Crippen LogP contribution in [0, 0.1) is 5.92 Å². The molecule has 1 aromatic rings. The smallest absolute Gasteiger partial charge is 0.235 e. The van der Waals surface area contributed by atoms with E-state index in [1.807, 2.05) is 18.2 Å². The highest BCUT2D eigenvalue weighted by Gasteiger charge is 2.31. The maximum Gasteiger partial charge on any atom is 0.235 e. The summed E-state index contributed by atoms with van der Waals surface area (Å²) in [5, 5.41) is 2.06. The lowest BCUT2D eigenvalue weighted by molar-refractivity contribution is -0.121. The third kappa shape index (κ3) is 2.42. The molecule has 1 N–H and O–H groups in total. The molecular weight excluding hydrogens is 200 g/mol. The molecule has 2 rings (SSSR count). The predicted octanol–water partition coefficient (Wildman–Crippen LogP) is 1.95. The Balaban J connectivity index is 2.06. The Morgan fingerprint density at radius 3 is 2.69 bits per heavy atom. The van der Waals surface area contributed by atoms with Crippen LogP contribution in [0.3, 0.4) is 0 Å². The standard InChI is InChI=1S/C13H18N2O/c1-10(2)12-8-13(16)14-15(12)9-11-6-4-3-5-7-11/h3-7,10,12H,8-9H2,1-2H3,(H,14,16)/t12-/m0/s1. The van der Waals surface area contributed by atoms with Gasteiger partial charge in [-0.05, 0) is 11.5 Å². The fourth-order valence-electron chi connectivity index (χ4n) is 2.12. The Morgan fingerprint density at radius 2 is 2.06 bits per heavy atom. The fraction of sp³-hybridized carbons (Fsp3) is 0.462. The number of nitrogens with zero attached hydrogens (tertiary/aromatic N) is 1. The van der Waals surface area contributed by atoms with Crippen LogP contribution < -0.4 is 5.43 Å². The second-order valence-corrected chi connectivity index (χ2v) is 4.66. The summed E-state index contributed by atoms with van der Waals surface area (Å²) in [6.07, 6.45) is 0.616. The second-order valence-electron chi connectivity index (χ2n) is 4.66. The van der Waals surface area contributed by atoms with Crippen LogP contribution in [0.5, 0.6) is 0 Å². The third-order valence-corrected chi connectivity index (χ3v) is 3.03. The molecule has 3 heteroatoms. The zero-order chi connectivity index (χ0) is 11.5. The molecule has 1 amide bonds. The summed E-state index contributed by atoms with van der Waals surface area (Å²) < 4.78 is 0. The number of carbonyl (C=O) groups is 1. The van der Waals surface area contributed by atoms with Crippen molar-refractivity contribution in [2.45, 2.75) is 32.9 Å². The van der Waals surface area contributed by atoms with Gasteiger partial charge in [0.15, 0.2) is 0 Å². The van der Waals surface area contributed by atoms with Gasteiger partial charge in [0.25, 0.3) is 0 Å². The zero-order valence-electron chi connectivity index (χ0n) is 9.81. The van der Waals surface area contributed by atoms with Crippen molar-refractivity contribution >= 4 is 5.91 Å². The predicted molar refractivity (Wildman–Crippen MR) is 63.4 cm³/mol. The molecule has 16 heavy (non-hydrogen) atoms. The summed E-state index contributed by atoms with van der Waals surface area (Å²) in [6, 6.07) is 10.5. The van der Waals surface area contributed by atoms with Crippen LogP contribution in [0.25, 0.3) is 0 Å². The maximum atomic E-state index is 11.4. The summed E-state index contributed by atoms with van der Waals surface area (Å²) in [7, 11) is 0. The van der Waals surface area contributed by atoms with Gasteiger partial charge < -0.3 is 0 Å². The van der Waals surface area contributed by atoms with Gasteiger partial charge in [0.2, 0.25) is 5.91 Å². The highest BCUT2D eigenvalue weighted by molar-refractivity contribution is 5.78. The molecule has 0 bridgehead atoms. The Hall–Kier alpha value is -1.35. The van der Waals surface area contributed by atoms with Gasteiger partial charge in [0.1, 0.15) is 0 Å². The molecule has 0 radical (unpaired) electrons. The van der Waals surface area contributed by atoms with Crippen molar-refractivity contribution in [3.05, 3.63) is 35.9 Å². The first kappa shape index (κ1) is 11.1. The summed E-state index contributed by atoms with van der Waals surface area (Å²) in [4.78, 5) is 11.4. The maximum absolute atomic E-state index is 11.4. The highest BCUT2D eigenvalue weighted by atomic mass is 16.2. The van der Waals surface area contributed by atoms with Gasteiger partial charge in [-0.1, -0.05) is 44.2 Å². The largest absolute Gasteiger partial charge is 0.288 e. The minimum atomic E-state index is 0.134. The van der Waals surface area contributed by atoms with E-state index in [0.717, 1.165) is 6.54 Å². The molecular formula is C13H18N2O. The molecule has 3 nitrogen and oxygen atoms in total. The lowest BCUT2D eigenvalue weighted by Gasteiger charge is -2.26. The third-order valence-electron chi connectivity index (χ3n) is 3.03. The van der Waals surface area contributed by atoms with E-state index in [-0.39, 0.29) is 5.91 Å². The summed E-state index contributed by atoms with van der Waals surface area (Å²) in [6.45, 7) is 5.10. The average Bonchev–Trinajstić information content (AvgIpc) is 2.61. The van der Waals surface area contributed by atoms with E-state index in [2.05, 4.69) is 36.4 Å². The Morgan fingerprint density at radius 1 is 1.38 bits per heavy atom. The summed E-state index contributed by atoms with van der Waals surface area (Å²) in [5.74, 6) is 0.622. The summed E-state index contributed by atoms with van der Waals surface area (Å²) >= 11 is 0. The number of benzene rings is 1. The lowest BCUT2D eigenvalue weighted by atomic mass is 10.0. The number of nitrogens with one attached hydrogen (secondary N) is 1. The van der Waals surface area contributed by atoms with Gasteiger partial charge in [0, 0.05) is 19.0 Å². The van der Waals surface area contributed by atoms with E-state index < -0.39 is 0 Å². The van der Waals surface area contributed by atoms with Crippen LogP contribution in [-0.2, 0) is 11.3 Å². The lowest BCUT2D eigenvalue weighted by Crippen LogP contribution is -2.39. The van der Waals surface area contributed by atoms with Gasteiger partial charge in [-0.25, -0.2) is 5.01 Å². The van der Waals surface area contributed by atoms with Crippen molar-refractivity contribution in [2.75, 3.05) is 0 Å². The number of hydrogen-bond donors (Lipinski definition) is 1. The molecule has 1 fully saturated rings. The van der Waals surface area contributed by atoms with Gasteiger partial charge in [-0.3, -0.25) is 10.2 Å². The molecule has 0 unspecified atom stereocenters. The van der Waals surface area contributed by atoms with Gasteiger partial charge in [-0.15, -0.1) is 0 Å². The first-order valence-corrected chi connectivity index (χ1v) is 5.77. The number of hydrazine groups is 1. The molecule has 1 atom stereocenters. The first-order valence-electron chi connectivity index (χ1n) is 5.77. The first-order chi connectivity index (χ1) is 7.66. The molecule has 1 aliphatic rings. The van der Waals surface area contributed by atoms with Crippen molar-refractivity contribution in [3.8, 4) is 0 Å². The van der Waals surface area contributed by atoms with Gasteiger partial charge in [0.05, 0.1) is 0 Å². The zero-order valence-corrected chi connectivity index (χ0v) is 9.81. The fourth-order valence-corrected chi connectivity index (χ4v) is 2.12. The van der Waals surface area contributed by atoms with Crippen LogP contribution >= 0.6 is 0 Å². The Bertz CT molecular complexity index is 361. The number of rotatable bonds is 3. The molecule has 1 saturated heterocycles. The molecule has 0 aromatic heterocycles. The van der Waals surface area contributed by atoms with E-state index in [4.69, 9.17) is 0 Å². The van der Waals surface area contributed by atoms with Crippen LogP contribution in [0.4, 0.5) is 0 Å². The van der Waals surface area contributed by atoms with Crippen LogP contribution in [0.2, 0.25) is 0 Å². The molecule has 0 saturated carbocycles. The monoisotopic (exact) mass is 218 g/mol. The van der Waals surface area contributed by atoms with Gasteiger partial charge >= 0.3 is 0 Å².